The van der Waals surface area contributed by atoms with E-state index in [4.69, 9.17) is 0 Å². The van der Waals surface area contributed by atoms with E-state index < -0.39 is 35.5 Å². The zero-order valence-corrected chi connectivity index (χ0v) is 19.1. The zero-order chi connectivity index (χ0) is 24.7. The van der Waals surface area contributed by atoms with Crippen LogP contribution in [0.1, 0.15) is 41.6 Å². The van der Waals surface area contributed by atoms with Crippen LogP contribution in [-0.4, -0.2) is 37.5 Å². The van der Waals surface area contributed by atoms with Gasteiger partial charge in [-0.3, -0.25) is 9.48 Å². The SMILES string of the molecule is Cn1cc(-c2ccc(Cn3cc(C(=O)N[C@H]4CCCC[C@@H]4O)c4c(F)cc(F)cc43)c(F)c2)cn1. The van der Waals surface area contributed by atoms with Crippen LogP contribution in [0.25, 0.3) is 22.0 Å². The Morgan fingerprint density at radius 2 is 1.89 bits per heavy atom. The number of carbonyl (C=O) groups is 1. The number of nitrogens with one attached hydrogen (secondary N) is 1. The van der Waals surface area contributed by atoms with Gasteiger partial charge in [0, 0.05) is 42.0 Å². The van der Waals surface area contributed by atoms with Crippen molar-refractivity contribution >= 4 is 16.8 Å². The zero-order valence-electron chi connectivity index (χ0n) is 19.1. The van der Waals surface area contributed by atoms with Gasteiger partial charge in [0.25, 0.3) is 5.91 Å². The molecule has 1 aliphatic rings. The number of aryl methyl sites for hydroxylation is 1. The molecule has 0 spiro atoms. The number of fused-ring (bicyclic) bond motifs is 1. The summed E-state index contributed by atoms with van der Waals surface area (Å²) in [5.41, 5.74) is 1.88. The summed E-state index contributed by atoms with van der Waals surface area (Å²) in [5.74, 6) is -2.71. The largest absolute Gasteiger partial charge is 0.391 e. The molecule has 0 bridgehead atoms. The van der Waals surface area contributed by atoms with E-state index in [1.165, 1.54) is 16.8 Å². The maximum atomic E-state index is 15.0. The number of rotatable bonds is 5. The summed E-state index contributed by atoms with van der Waals surface area (Å²) in [7, 11) is 1.77. The van der Waals surface area contributed by atoms with Crippen LogP contribution in [0.4, 0.5) is 13.2 Å². The number of hydrogen-bond donors (Lipinski definition) is 2. The number of nitrogens with zero attached hydrogens (tertiary/aromatic N) is 3. The van der Waals surface area contributed by atoms with E-state index in [1.807, 2.05) is 0 Å². The average molecular weight is 483 g/mol. The number of amides is 1. The van der Waals surface area contributed by atoms with E-state index in [0.29, 0.717) is 24.0 Å². The Morgan fingerprint density at radius 3 is 2.60 bits per heavy atom. The summed E-state index contributed by atoms with van der Waals surface area (Å²) in [4.78, 5) is 13.1. The first-order valence-corrected chi connectivity index (χ1v) is 11.5. The van der Waals surface area contributed by atoms with Gasteiger partial charge in [-0.2, -0.15) is 5.10 Å². The Hall–Kier alpha value is -3.59. The second-order valence-corrected chi connectivity index (χ2v) is 9.09. The lowest BCUT2D eigenvalue weighted by Crippen LogP contribution is -2.45. The lowest BCUT2D eigenvalue weighted by atomic mass is 9.92. The van der Waals surface area contributed by atoms with E-state index >= 15 is 4.39 Å². The van der Waals surface area contributed by atoms with Gasteiger partial charge < -0.3 is 15.0 Å². The van der Waals surface area contributed by atoms with Gasteiger partial charge in [0.15, 0.2) is 0 Å². The third-order valence-corrected chi connectivity index (χ3v) is 6.62. The minimum Gasteiger partial charge on any atom is -0.391 e. The van der Waals surface area contributed by atoms with Crippen LogP contribution in [0.15, 0.2) is 48.9 Å². The smallest absolute Gasteiger partial charge is 0.253 e. The van der Waals surface area contributed by atoms with Crippen LogP contribution < -0.4 is 5.32 Å². The molecule has 9 heteroatoms. The quantitative estimate of drug-likeness (QED) is 0.439. The van der Waals surface area contributed by atoms with Gasteiger partial charge in [-0.25, -0.2) is 13.2 Å². The molecule has 2 heterocycles. The van der Waals surface area contributed by atoms with Crippen molar-refractivity contribution in [3.05, 3.63) is 77.5 Å². The lowest BCUT2D eigenvalue weighted by molar-refractivity contribution is 0.0718. The molecule has 5 rings (SSSR count). The van der Waals surface area contributed by atoms with Crippen molar-refractivity contribution in [1.82, 2.24) is 19.7 Å². The molecule has 2 aromatic carbocycles. The topological polar surface area (TPSA) is 72.1 Å². The number of hydrogen-bond acceptors (Lipinski definition) is 3. The molecule has 0 saturated heterocycles. The van der Waals surface area contributed by atoms with E-state index in [0.717, 1.165) is 30.5 Å². The van der Waals surface area contributed by atoms with Gasteiger partial charge >= 0.3 is 0 Å². The van der Waals surface area contributed by atoms with Gasteiger partial charge in [0.05, 0.1) is 36.0 Å². The maximum absolute atomic E-state index is 15.0. The van der Waals surface area contributed by atoms with Crippen LogP contribution in [0.5, 0.6) is 0 Å². The molecule has 1 saturated carbocycles. The van der Waals surface area contributed by atoms with Crippen molar-refractivity contribution in [3.63, 3.8) is 0 Å². The minimum absolute atomic E-state index is 0.0164. The van der Waals surface area contributed by atoms with Gasteiger partial charge in [-0.05, 0) is 30.5 Å². The van der Waals surface area contributed by atoms with Crippen molar-refractivity contribution < 1.29 is 23.1 Å². The molecule has 4 aromatic rings. The van der Waals surface area contributed by atoms with Crippen LogP contribution in [-0.2, 0) is 13.6 Å². The Balaban J connectivity index is 1.49. The number of aliphatic hydroxyl groups is 1. The Bertz CT molecular complexity index is 1410. The molecule has 1 amide bonds. The van der Waals surface area contributed by atoms with Crippen molar-refractivity contribution in [2.45, 2.75) is 44.4 Å². The van der Waals surface area contributed by atoms with Crippen molar-refractivity contribution in [3.8, 4) is 11.1 Å². The Kier molecular flexibility index (Phi) is 6.10. The highest BCUT2D eigenvalue weighted by atomic mass is 19.1. The first-order valence-electron chi connectivity index (χ1n) is 11.5. The third kappa shape index (κ3) is 4.55. The molecule has 0 radical (unpaired) electrons. The molecule has 0 aliphatic heterocycles. The first kappa shape index (κ1) is 23.2. The molecule has 2 aromatic heterocycles. The predicted octanol–water partition coefficient (Wildman–Crippen LogP) is 4.54. The Morgan fingerprint density at radius 1 is 1.09 bits per heavy atom. The molecular formula is C26H25F3N4O2. The van der Waals surface area contributed by atoms with Gasteiger partial charge in [0.2, 0.25) is 0 Å². The molecule has 182 valence electrons. The van der Waals surface area contributed by atoms with Crippen LogP contribution in [0.2, 0.25) is 0 Å². The van der Waals surface area contributed by atoms with E-state index in [-0.39, 0.29) is 23.0 Å². The van der Waals surface area contributed by atoms with Crippen LogP contribution >= 0.6 is 0 Å². The summed E-state index contributed by atoms with van der Waals surface area (Å²) in [6.45, 7) is -0.0299. The van der Waals surface area contributed by atoms with Crippen LogP contribution in [0, 0.1) is 17.5 Å². The fourth-order valence-electron chi connectivity index (χ4n) is 4.78. The summed E-state index contributed by atoms with van der Waals surface area (Å²) in [6.07, 6.45) is 7.10. The minimum atomic E-state index is -0.875. The van der Waals surface area contributed by atoms with E-state index in [1.54, 1.807) is 36.3 Å². The second-order valence-electron chi connectivity index (χ2n) is 9.09. The number of carbonyl (C=O) groups excluding carboxylic acids is 1. The van der Waals surface area contributed by atoms with Gasteiger partial charge in [-0.1, -0.05) is 25.0 Å². The molecule has 2 atom stereocenters. The Labute approximate surface area is 200 Å². The highest BCUT2D eigenvalue weighted by Crippen LogP contribution is 2.29. The first-order chi connectivity index (χ1) is 16.8. The highest BCUT2D eigenvalue weighted by molar-refractivity contribution is 6.07. The van der Waals surface area contributed by atoms with Gasteiger partial charge in [-0.15, -0.1) is 0 Å². The van der Waals surface area contributed by atoms with Crippen LogP contribution in [0.3, 0.4) is 0 Å². The molecule has 35 heavy (non-hydrogen) atoms. The number of aliphatic hydroxyl groups excluding tert-OH is 1. The number of benzene rings is 2. The monoisotopic (exact) mass is 482 g/mol. The summed E-state index contributed by atoms with van der Waals surface area (Å²) >= 11 is 0. The standard InChI is InChI=1S/C26H25F3N4O2/c1-32-12-17(11-30-32)15-6-7-16(20(28)8-15)13-33-14-19(25-21(29)9-18(27)10-23(25)33)26(35)31-22-4-2-3-5-24(22)34/h6-12,14,22,24,34H,2-5,13H2,1H3,(H,31,35)/t22-,24-/m0/s1. The number of halogens is 3. The molecular weight excluding hydrogens is 457 g/mol. The maximum Gasteiger partial charge on any atom is 0.253 e. The summed E-state index contributed by atoms with van der Waals surface area (Å²) in [6, 6.07) is 6.17. The fraction of sp³-hybridized carbons (Fsp3) is 0.308. The molecule has 6 nitrogen and oxygen atoms in total. The molecule has 1 fully saturated rings. The molecule has 1 aliphatic carbocycles. The van der Waals surface area contributed by atoms with Crippen molar-refractivity contribution in [2.75, 3.05) is 0 Å². The lowest BCUT2D eigenvalue weighted by Gasteiger charge is -2.28. The van der Waals surface area contributed by atoms with Crippen molar-refractivity contribution in [2.24, 2.45) is 7.05 Å². The third-order valence-electron chi connectivity index (χ3n) is 6.62. The predicted molar refractivity (Wildman–Crippen MR) is 125 cm³/mol. The summed E-state index contributed by atoms with van der Waals surface area (Å²) < 4.78 is 47.0. The second kappa shape index (κ2) is 9.22. The molecule has 2 N–H and O–H groups in total. The fourth-order valence-corrected chi connectivity index (χ4v) is 4.78. The highest BCUT2D eigenvalue weighted by Gasteiger charge is 2.27. The van der Waals surface area contributed by atoms with Gasteiger partial charge in [0.1, 0.15) is 17.5 Å². The average Bonchev–Trinajstić information content (AvgIpc) is 3.41. The van der Waals surface area contributed by atoms with Crippen molar-refractivity contribution in [1.29, 1.82) is 0 Å². The molecule has 0 unspecified atom stereocenters. The van der Waals surface area contributed by atoms with E-state index in [2.05, 4.69) is 10.4 Å². The van der Waals surface area contributed by atoms with E-state index in [9.17, 15) is 18.7 Å². The summed E-state index contributed by atoms with van der Waals surface area (Å²) in [5, 5.41) is 17.1. The normalized spacial score (nSPS) is 18.2. The number of aromatic nitrogens is 3.